The highest BCUT2D eigenvalue weighted by Gasteiger charge is 2.10. The number of ether oxygens (including phenoxy) is 1. The average molecular weight is 328 g/mol. The van der Waals surface area contributed by atoms with Crippen LogP contribution in [-0.4, -0.2) is 55.2 Å². The van der Waals surface area contributed by atoms with Crippen molar-refractivity contribution >= 4 is 21.8 Å². The van der Waals surface area contributed by atoms with Crippen molar-refractivity contribution in [2.45, 2.75) is 6.42 Å². The number of carbonyl (C=O) groups excluding carboxylic acids is 1. The van der Waals surface area contributed by atoms with E-state index in [1.54, 1.807) is 18.2 Å². The summed E-state index contributed by atoms with van der Waals surface area (Å²) in [5, 5.41) is 2.89. The van der Waals surface area contributed by atoms with Crippen molar-refractivity contribution in [1.82, 2.24) is 15.2 Å². The lowest BCUT2D eigenvalue weighted by molar-refractivity contribution is 0.0374. The van der Waals surface area contributed by atoms with Gasteiger partial charge in [0.15, 0.2) is 0 Å². The van der Waals surface area contributed by atoms with Crippen LogP contribution in [0.5, 0.6) is 0 Å². The van der Waals surface area contributed by atoms with Crippen LogP contribution >= 0.6 is 15.9 Å². The first-order chi connectivity index (χ1) is 9.25. The van der Waals surface area contributed by atoms with Crippen LogP contribution in [0.1, 0.15) is 16.9 Å². The molecule has 1 aromatic heterocycles. The van der Waals surface area contributed by atoms with E-state index in [9.17, 15) is 4.79 Å². The second-order valence-electron chi connectivity index (χ2n) is 4.41. The molecular weight excluding hydrogens is 310 g/mol. The van der Waals surface area contributed by atoms with Gasteiger partial charge in [-0.05, 0) is 41.0 Å². The number of nitrogens with zero attached hydrogens (tertiary/aromatic N) is 2. The van der Waals surface area contributed by atoms with Crippen molar-refractivity contribution in [3.8, 4) is 0 Å². The number of pyridine rings is 1. The number of halogens is 1. The maximum Gasteiger partial charge on any atom is 0.269 e. The highest BCUT2D eigenvalue weighted by atomic mass is 79.9. The zero-order valence-electron chi connectivity index (χ0n) is 10.8. The third-order valence-corrected chi connectivity index (χ3v) is 3.43. The van der Waals surface area contributed by atoms with E-state index in [-0.39, 0.29) is 5.91 Å². The fraction of sp³-hybridized carbons (Fsp3) is 0.538. The summed E-state index contributed by atoms with van der Waals surface area (Å²) >= 11 is 3.25. The molecule has 0 unspecified atom stereocenters. The van der Waals surface area contributed by atoms with Gasteiger partial charge < -0.3 is 10.1 Å². The minimum Gasteiger partial charge on any atom is -0.379 e. The van der Waals surface area contributed by atoms with E-state index >= 15 is 0 Å². The van der Waals surface area contributed by atoms with Gasteiger partial charge in [0.05, 0.1) is 13.2 Å². The predicted octanol–water partition coefficient (Wildman–Crippen LogP) is 1.30. The summed E-state index contributed by atoms with van der Waals surface area (Å²) in [6, 6.07) is 5.32. The third-order valence-electron chi connectivity index (χ3n) is 2.99. The van der Waals surface area contributed by atoms with Gasteiger partial charge >= 0.3 is 0 Å². The quantitative estimate of drug-likeness (QED) is 0.654. The fourth-order valence-electron chi connectivity index (χ4n) is 1.95. The Kier molecular flexibility index (Phi) is 5.75. The number of hydrogen-bond donors (Lipinski definition) is 1. The Morgan fingerprint density at radius 2 is 2.21 bits per heavy atom. The minimum atomic E-state index is -0.122. The number of morpholine rings is 1. The lowest BCUT2D eigenvalue weighted by atomic mass is 10.3. The van der Waals surface area contributed by atoms with Crippen LogP contribution in [0.4, 0.5) is 0 Å². The molecule has 5 nitrogen and oxygen atoms in total. The van der Waals surface area contributed by atoms with E-state index in [2.05, 4.69) is 31.1 Å². The van der Waals surface area contributed by atoms with Crippen LogP contribution in [-0.2, 0) is 4.74 Å². The molecule has 1 saturated heterocycles. The Morgan fingerprint density at radius 1 is 1.42 bits per heavy atom. The van der Waals surface area contributed by atoms with Gasteiger partial charge in [0, 0.05) is 19.6 Å². The van der Waals surface area contributed by atoms with E-state index in [0.717, 1.165) is 39.3 Å². The molecule has 1 aromatic rings. The molecule has 0 saturated carbocycles. The van der Waals surface area contributed by atoms with Gasteiger partial charge in [0.1, 0.15) is 10.3 Å². The summed E-state index contributed by atoms with van der Waals surface area (Å²) < 4.78 is 5.96. The highest BCUT2D eigenvalue weighted by molar-refractivity contribution is 9.10. The predicted molar refractivity (Wildman–Crippen MR) is 76.1 cm³/mol. The molecule has 0 aliphatic carbocycles. The molecule has 0 bridgehead atoms. The molecule has 6 heteroatoms. The summed E-state index contributed by atoms with van der Waals surface area (Å²) in [6.07, 6.45) is 0.944. The van der Waals surface area contributed by atoms with E-state index in [4.69, 9.17) is 4.74 Å². The fourth-order valence-corrected chi connectivity index (χ4v) is 2.30. The second kappa shape index (κ2) is 7.57. The lowest BCUT2D eigenvalue weighted by Gasteiger charge is -2.26. The molecule has 1 aliphatic heterocycles. The van der Waals surface area contributed by atoms with Crippen LogP contribution in [0, 0.1) is 0 Å². The average Bonchev–Trinajstić information content (AvgIpc) is 2.44. The van der Waals surface area contributed by atoms with Gasteiger partial charge in [-0.1, -0.05) is 6.07 Å². The Balaban J connectivity index is 1.66. The molecule has 1 fully saturated rings. The van der Waals surface area contributed by atoms with Crippen molar-refractivity contribution in [1.29, 1.82) is 0 Å². The van der Waals surface area contributed by atoms with Crippen molar-refractivity contribution in [3.63, 3.8) is 0 Å². The van der Waals surface area contributed by atoms with Gasteiger partial charge in [-0.3, -0.25) is 9.69 Å². The molecule has 0 aromatic carbocycles. The lowest BCUT2D eigenvalue weighted by Crippen LogP contribution is -2.38. The third kappa shape index (κ3) is 4.89. The molecule has 1 amide bonds. The Hall–Kier alpha value is -0.980. The highest BCUT2D eigenvalue weighted by Crippen LogP contribution is 2.06. The first-order valence-corrected chi connectivity index (χ1v) is 7.26. The molecule has 2 heterocycles. The normalized spacial score (nSPS) is 16.3. The van der Waals surface area contributed by atoms with E-state index in [1.165, 1.54) is 0 Å². The van der Waals surface area contributed by atoms with Crippen molar-refractivity contribution < 1.29 is 9.53 Å². The van der Waals surface area contributed by atoms with Gasteiger partial charge in [-0.15, -0.1) is 0 Å². The summed E-state index contributed by atoms with van der Waals surface area (Å²) in [6.45, 7) is 5.27. The van der Waals surface area contributed by atoms with Gasteiger partial charge in [0.25, 0.3) is 5.91 Å². The van der Waals surface area contributed by atoms with Crippen LogP contribution in [0.3, 0.4) is 0 Å². The standard InChI is InChI=1S/C13H18BrN3O2/c14-12-4-1-3-11(16-12)13(18)15-5-2-6-17-7-9-19-10-8-17/h1,3-4H,2,5-10H2,(H,15,18). The number of carbonyl (C=O) groups is 1. The van der Waals surface area contributed by atoms with Crippen molar-refractivity contribution in [3.05, 3.63) is 28.5 Å². The smallest absolute Gasteiger partial charge is 0.269 e. The maximum absolute atomic E-state index is 11.8. The van der Waals surface area contributed by atoms with Gasteiger partial charge in [0.2, 0.25) is 0 Å². The molecule has 0 atom stereocenters. The first kappa shape index (κ1) is 14.4. The number of nitrogens with one attached hydrogen (secondary N) is 1. The number of aromatic nitrogens is 1. The first-order valence-electron chi connectivity index (χ1n) is 6.46. The molecule has 0 radical (unpaired) electrons. The second-order valence-corrected chi connectivity index (χ2v) is 5.22. The van der Waals surface area contributed by atoms with E-state index in [1.807, 2.05) is 0 Å². The molecular formula is C13H18BrN3O2. The SMILES string of the molecule is O=C(NCCCN1CCOCC1)c1cccc(Br)n1. The largest absolute Gasteiger partial charge is 0.379 e. The zero-order chi connectivity index (χ0) is 13.5. The summed E-state index contributed by atoms with van der Waals surface area (Å²) in [5.41, 5.74) is 0.445. The molecule has 1 N–H and O–H groups in total. The summed E-state index contributed by atoms with van der Waals surface area (Å²) in [7, 11) is 0. The van der Waals surface area contributed by atoms with Crippen molar-refractivity contribution in [2.75, 3.05) is 39.4 Å². The molecule has 0 spiro atoms. The molecule has 1 aliphatic rings. The van der Waals surface area contributed by atoms with Crippen LogP contribution in [0.2, 0.25) is 0 Å². The van der Waals surface area contributed by atoms with Crippen LogP contribution < -0.4 is 5.32 Å². The van der Waals surface area contributed by atoms with E-state index < -0.39 is 0 Å². The molecule has 2 rings (SSSR count). The minimum absolute atomic E-state index is 0.122. The number of rotatable bonds is 5. The molecule has 19 heavy (non-hydrogen) atoms. The number of amides is 1. The molecule has 104 valence electrons. The van der Waals surface area contributed by atoms with E-state index in [0.29, 0.717) is 16.8 Å². The monoisotopic (exact) mass is 327 g/mol. The summed E-state index contributed by atoms with van der Waals surface area (Å²) in [4.78, 5) is 18.3. The summed E-state index contributed by atoms with van der Waals surface area (Å²) in [5.74, 6) is -0.122. The Labute approximate surface area is 121 Å². The van der Waals surface area contributed by atoms with Crippen molar-refractivity contribution in [2.24, 2.45) is 0 Å². The topological polar surface area (TPSA) is 54.5 Å². The van der Waals surface area contributed by atoms with Crippen LogP contribution in [0.25, 0.3) is 0 Å². The Bertz CT molecular complexity index is 422. The maximum atomic E-state index is 11.8. The number of hydrogen-bond acceptors (Lipinski definition) is 4. The van der Waals surface area contributed by atoms with Gasteiger partial charge in [-0.25, -0.2) is 4.98 Å². The van der Waals surface area contributed by atoms with Gasteiger partial charge in [-0.2, -0.15) is 0 Å². The van der Waals surface area contributed by atoms with Crippen LogP contribution in [0.15, 0.2) is 22.8 Å². The Morgan fingerprint density at radius 3 is 2.95 bits per heavy atom. The zero-order valence-corrected chi connectivity index (χ0v) is 12.4.